The molecule has 1 aliphatic heterocycles. The fraction of sp³-hybridized carbons (Fsp3) is 0.368. The monoisotopic (exact) mass is 358 g/mol. The van der Waals surface area contributed by atoms with E-state index in [1.807, 2.05) is 32.0 Å². The average molecular weight is 358 g/mol. The van der Waals surface area contributed by atoms with Crippen molar-refractivity contribution in [2.45, 2.75) is 26.3 Å². The molecule has 1 saturated heterocycles. The van der Waals surface area contributed by atoms with Gasteiger partial charge in [-0.15, -0.1) is 6.58 Å². The molecule has 0 radical (unpaired) electrons. The van der Waals surface area contributed by atoms with Gasteiger partial charge < -0.3 is 4.90 Å². The summed E-state index contributed by atoms with van der Waals surface area (Å²) in [7, 11) is -3.07. The van der Waals surface area contributed by atoms with Gasteiger partial charge in [0.2, 0.25) is 0 Å². The van der Waals surface area contributed by atoms with Gasteiger partial charge in [0, 0.05) is 23.7 Å². The van der Waals surface area contributed by atoms with E-state index in [0.29, 0.717) is 18.5 Å². The largest absolute Gasteiger partial charge is 0.331 e. The Balaban J connectivity index is 2.06. The first-order valence-electron chi connectivity index (χ1n) is 8.31. The molecule has 1 aromatic heterocycles. The summed E-state index contributed by atoms with van der Waals surface area (Å²) in [4.78, 5) is 19.4. The van der Waals surface area contributed by atoms with Gasteiger partial charge in [0.15, 0.2) is 9.84 Å². The fourth-order valence-corrected chi connectivity index (χ4v) is 5.09. The summed E-state index contributed by atoms with van der Waals surface area (Å²) in [5, 5.41) is 0.788. The predicted octanol–water partition coefficient (Wildman–Crippen LogP) is 2.67. The summed E-state index contributed by atoms with van der Waals surface area (Å²) in [5.41, 5.74) is 3.18. The minimum absolute atomic E-state index is 0.0215. The van der Waals surface area contributed by atoms with Crippen LogP contribution < -0.4 is 0 Å². The number of carbonyl (C=O) groups excluding carboxylic acids is 1. The van der Waals surface area contributed by atoms with E-state index in [9.17, 15) is 13.2 Å². The number of nitrogens with zero attached hydrogens (tertiary/aromatic N) is 2. The molecule has 1 amide bonds. The normalized spacial score (nSPS) is 19.0. The third-order valence-electron chi connectivity index (χ3n) is 4.56. The van der Waals surface area contributed by atoms with Gasteiger partial charge in [0.05, 0.1) is 22.6 Å². The number of hydrogen-bond acceptors (Lipinski definition) is 4. The Hall–Kier alpha value is -2.21. The molecular formula is C19H22N2O3S. The van der Waals surface area contributed by atoms with Crippen LogP contribution in [-0.4, -0.2) is 48.3 Å². The third kappa shape index (κ3) is 3.58. The number of carbonyl (C=O) groups is 1. The van der Waals surface area contributed by atoms with E-state index in [1.54, 1.807) is 17.0 Å². The second-order valence-corrected chi connectivity index (χ2v) is 8.86. The van der Waals surface area contributed by atoms with Crippen molar-refractivity contribution in [2.75, 3.05) is 18.1 Å². The number of pyridine rings is 1. The fourth-order valence-electron chi connectivity index (χ4n) is 3.36. The van der Waals surface area contributed by atoms with Crippen molar-refractivity contribution in [3.63, 3.8) is 0 Å². The Labute approximate surface area is 148 Å². The highest BCUT2D eigenvalue weighted by Gasteiger charge is 2.35. The van der Waals surface area contributed by atoms with Crippen molar-refractivity contribution in [3.8, 4) is 0 Å². The van der Waals surface area contributed by atoms with E-state index in [-0.39, 0.29) is 23.5 Å². The van der Waals surface area contributed by atoms with Crippen LogP contribution in [0.25, 0.3) is 10.9 Å². The molecular weight excluding hydrogens is 336 g/mol. The zero-order valence-electron chi connectivity index (χ0n) is 14.5. The van der Waals surface area contributed by atoms with Crippen molar-refractivity contribution in [1.29, 1.82) is 0 Å². The molecule has 25 heavy (non-hydrogen) atoms. The summed E-state index contributed by atoms with van der Waals surface area (Å²) < 4.78 is 23.7. The van der Waals surface area contributed by atoms with Crippen LogP contribution in [0.3, 0.4) is 0 Å². The quantitative estimate of drug-likeness (QED) is 0.788. The highest BCUT2D eigenvalue weighted by molar-refractivity contribution is 7.91. The number of fused-ring (bicyclic) bond motifs is 1. The molecule has 132 valence electrons. The molecule has 1 aliphatic rings. The maximum Gasteiger partial charge on any atom is 0.255 e. The van der Waals surface area contributed by atoms with Crippen molar-refractivity contribution < 1.29 is 13.2 Å². The van der Waals surface area contributed by atoms with Crippen molar-refractivity contribution in [1.82, 2.24) is 9.88 Å². The van der Waals surface area contributed by atoms with E-state index >= 15 is 0 Å². The molecule has 2 heterocycles. The molecule has 0 spiro atoms. The van der Waals surface area contributed by atoms with E-state index in [0.717, 1.165) is 22.2 Å². The molecule has 6 heteroatoms. The lowest BCUT2D eigenvalue weighted by atomic mass is 10.0. The minimum Gasteiger partial charge on any atom is -0.331 e. The molecule has 2 aromatic rings. The molecule has 1 atom stereocenters. The Bertz CT molecular complexity index is 945. The SMILES string of the molecule is C=CCN(C(=O)c1cc(C)nc2cc(C)ccc12)[C@H]1CCS(=O)(=O)C1. The van der Waals surface area contributed by atoms with Gasteiger partial charge in [-0.2, -0.15) is 0 Å². The number of rotatable bonds is 4. The molecule has 0 saturated carbocycles. The van der Waals surface area contributed by atoms with E-state index in [4.69, 9.17) is 0 Å². The highest BCUT2D eigenvalue weighted by Crippen LogP contribution is 2.25. The van der Waals surface area contributed by atoms with Gasteiger partial charge in [-0.1, -0.05) is 18.2 Å². The summed E-state index contributed by atoms with van der Waals surface area (Å²) in [5.74, 6) is -0.0111. The van der Waals surface area contributed by atoms with Gasteiger partial charge in [0.1, 0.15) is 0 Å². The van der Waals surface area contributed by atoms with Crippen LogP contribution in [0.4, 0.5) is 0 Å². The van der Waals surface area contributed by atoms with E-state index < -0.39 is 9.84 Å². The molecule has 5 nitrogen and oxygen atoms in total. The number of aryl methyl sites for hydroxylation is 2. The standard InChI is InChI=1S/C19H22N2O3S/c1-4-8-21(15-7-9-25(23,24)12-15)19(22)17-11-14(3)20-18-10-13(2)5-6-16(17)18/h4-6,10-11,15H,1,7-9,12H2,2-3H3/t15-/m0/s1. The van der Waals surface area contributed by atoms with Gasteiger partial charge in [0.25, 0.3) is 5.91 Å². The highest BCUT2D eigenvalue weighted by atomic mass is 32.2. The topological polar surface area (TPSA) is 67.3 Å². The first-order chi connectivity index (χ1) is 11.8. The van der Waals surface area contributed by atoms with Crippen molar-refractivity contribution >= 4 is 26.6 Å². The second-order valence-electron chi connectivity index (χ2n) is 6.63. The molecule has 0 N–H and O–H groups in total. The molecule has 3 rings (SSSR count). The number of sulfone groups is 1. The Morgan fingerprint density at radius 1 is 1.36 bits per heavy atom. The van der Waals surface area contributed by atoms with Crippen LogP contribution in [0, 0.1) is 13.8 Å². The lowest BCUT2D eigenvalue weighted by molar-refractivity contribution is 0.0722. The lowest BCUT2D eigenvalue weighted by Crippen LogP contribution is -2.41. The number of benzene rings is 1. The van der Waals surface area contributed by atoms with E-state index in [1.165, 1.54) is 0 Å². The van der Waals surface area contributed by atoms with Gasteiger partial charge in [-0.05, 0) is 38.0 Å². The predicted molar refractivity (Wildman–Crippen MR) is 99.5 cm³/mol. The van der Waals surface area contributed by atoms with Crippen LogP contribution in [0.15, 0.2) is 36.9 Å². The summed E-state index contributed by atoms with van der Waals surface area (Å²) in [6, 6.07) is 7.29. The second kappa shape index (κ2) is 6.59. The van der Waals surface area contributed by atoms with Crippen LogP contribution >= 0.6 is 0 Å². The maximum absolute atomic E-state index is 13.2. The molecule has 0 bridgehead atoms. The van der Waals surface area contributed by atoms with Crippen LogP contribution in [0.1, 0.15) is 28.0 Å². The average Bonchev–Trinajstić information content (AvgIpc) is 2.90. The zero-order valence-corrected chi connectivity index (χ0v) is 15.3. The molecule has 0 aliphatic carbocycles. The number of amides is 1. The zero-order chi connectivity index (χ0) is 18.2. The number of hydrogen-bond donors (Lipinski definition) is 0. The van der Waals surface area contributed by atoms with Crippen LogP contribution in [0.5, 0.6) is 0 Å². The Kier molecular flexibility index (Phi) is 4.64. The summed E-state index contributed by atoms with van der Waals surface area (Å²) in [6.07, 6.45) is 2.12. The van der Waals surface area contributed by atoms with Crippen molar-refractivity contribution in [3.05, 3.63) is 53.7 Å². The smallest absolute Gasteiger partial charge is 0.255 e. The molecule has 1 aromatic carbocycles. The lowest BCUT2D eigenvalue weighted by Gasteiger charge is -2.27. The van der Waals surface area contributed by atoms with Gasteiger partial charge in [-0.3, -0.25) is 9.78 Å². The third-order valence-corrected chi connectivity index (χ3v) is 6.31. The van der Waals surface area contributed by atoms with Gasteiger partial charge in [-0.25, -0.2) is 8.42 Å². The number of aromatic nitrogens is 1. The van der Waals surface area contributed by atoms with E-state index in [2.05, 4.69) is 11.6 Å². The minimum atomic E-state index is -3.07. The Morgan fingerprint density at radius 2 is 2.12 bits per heavy atom. The molecule has 0 unspecified atom stereocenters. The first-order valence-corrected chi connectivity index (χ1v) is 10.1. The summed E-state index contributed by atoms with van der Waals surface area (Å²) in [6.45, 7) is 7.89. The van der Waals surface area contributed by atoms with Gasteiger partial charge >= 0.3 is 0 Å². The summed E-state index contributed by atoms with van der Waals surface area (Å²) >= 11 is 0. The van der Waals surface area contributed by atoms with Crippen molar-refractivity contribution in [2.24, 2.45) is 0 Å². The molecule has 1 fully saturated rings. The van der Waals surface area contributed by atoms with Crippen LogP contribution in [-0.2, 0) is 9.84 Å². The maximum atomic E-state index is 13.2. The Morgan fingerprint density at radius 3 is 2.76 bits per heavy atom. The van der Waals surface area contributed by atoms with Crippen LogP contribution in [0.2, 0.25) is 0 Å². The first kappa shape index (κ1) is 17.6.